The van der Waals surface area contributed by atoms with Gasteiger partial charge in [-0.1, -0.05) is 48.5 Å². The van der Waals surface area contributed by atoms with Gasteiger partial charge >= 0.3 is 0 Å². The van der Waals surface area contributed by atoms with E-state index >= 15 is 0 Å². The van der Waals surface area contributed by atoms with Crippen LogP contribution >= 0.6 is 0 Å². The van der Waals surface area contributed by atoms with Crippen molar-refractivity contribution in [2.45, 2.75) is 25.9 Å². The zero-order valence-electron chi connectivity index (χ0n) is 13.1. The first-order valence-electron chi connectivity index (χ1n) is 8.49. The lowest BCUT2D eigenvalue weighted by atomic mass is 9.97. The lowest BCUT2D eigenvalue weighted by molar-refractivity contribution is 0.193. The topological polar surface area (TPSA) is 15.3 Å². The molecule has 0 spiro atoms. The Kier molecular flexibility index (Phi) is 3.96. The molecule has 0 radical (unpaired) electrons. The molecule has 0 bridgehead atoms. The van der Waals surface area contributed by atoms with Gasteiger partial charge in [0.05, 0.1) is 0 Å². The molecular weight excluding hydrogens is 268 g/mol. The molecule has 22 heavy (non-hydrogen) atoms. The fourth-order valence-electron chi connectivity index (χ4n) is 3.94. The second-order valence-electron chi connectivity index (χ2n) is 6.68. The summed E-state index contributed by atoms with van der Waals surface area (Å²) in [6.07, 6.45) is 2.64. The van der Waals surface area contributed by atoms with E-state index in [1.54, 1.807) is 0 Å². The summed E-state index contributed by atoms with van der Waals surface area (Å²) in [6, 6.07) is 17.8. The Morgan fingerprint density at radius 3 is 1.95 bits per heavy atom. The zero-order valence-corrected chi connectivity index (χ0v) is 13.1. The third-order valence-corrected chi connectivity index (χ3v) is 5.09. The predicted octanol–water partition coefficient (Wildman–Crippen LogP) is 3.67. The summed E-state index contributed by atoms with van der Waals surface area (Å²) in [5, 5.41) is 3.48. The number of nitrogens with one attached hydrogen (secondary N) is 1. The second-order valence-corrected chi connectivity index (χ2v) is 6.68. The highest BCUT2D eigenvalue weighted by molar-refractivity contribution is 5.71. The number of hydrogen-bond donors (Lipinski definition) is 1. The van der Waals surface area contributed by atoms with Crippen LogP contribution in [0.3, 0.4) is 0 Å². The van der Waals surface area contributed by atoms with E-state index < -0.39 is 0 Å². The summed E-state index contributed by atoms with van der Waals surface area (Å²) in [7, 11) is 0. The van der Waals surface area contributed by atoms with E-state index in [-0.39, 0.29) is 0 Å². The molecule has 2 aromatic rings. The maximum Gasteiger partial charge on any atom is 0.0243 e. The molecule has 114 valence electrons. The van der Waals surface area contributed by atoms with E-state index in [4.69, 9.17) is 0 Å². The highest BCUT2D eigenvalue weighted by Gasteiger charge is 2.22. The molecule has 2 nitrogen and oxygen atoms in total. The van der Waals surface area contributed by atoms with Gasteiger partial charge in [-0.2, -0.15) is 0 Å². The summed E-state index contributed by atoms with van der Waals surface area (Å²) >= 11 is 0. The van der Waals surface area contributed by atoms with Crippen molar-refractivity contribution in [1.82, 2.24) is 10.2 Å². The molecule has 2 heterocycles. The molecule has 2 aliphatic rings. The van der Waals surface area contributed by atoms with Gasteiger partial charge in [-0.25, -0.2) is 0 Å². The fraction of sp³-hybridized carbons (Fsp3) is 0.400. The third kappa shape index (κ3) is 2.81. The minimum absolute atomic E-state index is 0.846. The molecule has 0 unspecified atom stereocenters. The molecule has 4 rings (SSSR count). The van der Waals surface area contributed by atoms with Crippen molar-refractivity contribution in [2.24, 2.45) is 5.92 Å². The van der Waals surface area contributed by atoms with Crippen LogP contribution in [0.25, 0.3) is 11.1 Å². The average molecular weight is 292 g/mol. The molecule has 0 amide bonds. The molecule has 0 aromatic heterocycles. The quantitative estimate of drug-likeness (QED) is 0.908. The second kappa shape index (κ2) is 6.23. The number of benzene rings is 2. The van der Waals surface area contributed by atoms with Gasteiger partial charge in [0.25, 0.3) is 0 Å². The predicted molar refractivity (Wildman–Crippen MR) is 91.6 cm³/mol. The van der Waals surface area contributed by atoms with Crippen molar-refractivity contribution in [2.75, 3.05) is 19.6 Å². The van der Waals surface area contributed by atoms with E-state index in [1.165, 1.54) is 54.7 Å². The van der Waals surface area contributed by atoms with Gasteiger partial charge in [0.2, 0.25) is 0 Å². The summed E-state index contributed by atoms with van der Waals surface area (Å²) in [5.41, 5.74) is 5.79. The monoisotopic (exact) mass is 292 g/mol. The van der Waals surface area contributed by atoms with Crippen LogP contribution in [-0.2, 0) is 13.1 Å². The summed E-state index contributed by atoms with van der Waals surface area (Å²) in [6.45, 7) is 5.76. The summed E-state index contributed by atoms with van der Waals surface area (Å²) in [4.78, 5) is 2.65. The van der Waals surface area contributed by atoms with E-state index in [9.17, 15) is 0 Å². The highest BCUT2D eigenvalue weighted by Crippen LogP contribution is 2.33. The Bertz CT molecular complexity index is 596. The van der Waals surface area contributed by atoms with Crippen molar-refractivity contribution in [1.29, 1.82) is 0 Å². The maximum absolute atomic E-state index is 3.48. The average Bonchev–Trinajstić information content (AvgIpc) is 2.72. The number of rotatable bonds is 2. The molecule has 2 aromatic carbocycles. The van der Waals surface area contributed by atoms with Crippen molar-refractivity contribution in [3.05, 3.63) is 59.7 Å². The zero-order chi connectivity index (χ0) is 14.8. The van der Waals surface area contributed by atoms with Crippen molar-refractivity contribution < 1.29 is 0 Å². The van der Waals surface area contributed by atoms with Gasteiger partial charge in [-0.05, 0) is 54.1 Å². The van der Waals surface area contributed by atoms with Crippen LogP contribution in [-0.4, -0.2) is 24.5 Å². The van der Waals surface area contributed by atoms with Crippen molar-refractivity contribution in [3.8, 4) is 11.1 Å². The summed E-state index contributed by atoms with van der Waals surface area (Å²) < 4.78 is 0. The van der Waals surface area contributed by atoms with Crippen molar-refractivity contribution >= 4 is 0 Å². The van der Waals surface area contributed by atoms with Crippen LogP contribution in [0.4, 0.5) is 0 Å². The molecule has 2 heteroatoms. The molecule has 1 N–H and O–H groups in total. The number of fused-ring (bicyclic) bond motifs is 3. The maximum atomic E-state index is 3.48. The molecule has 0 aliphatic carbocycles. The Morgan fingerprint density at radius 2 is 1.36 bits per heavy atom. The standard InChI is InChI=1S/C20H24N2/c1-3-7-19-17(5-1)14-22(13-16-9-11-21-12-10-16)15-18-6-2-4-8-20(18)19/h1-8,16,21H,9-15H2. The molecule has 1 fully saturated rings. The van der Waals surface area contributed by atoms with E-state index in [1.807, 2.05) is 0 Å². The van der Waals surface area contributed by atoms with Gasteiger partial charge < -0.3 is 5.32 Å². The van der Waals surface area contributed by atoms with E-state index in [2.05, 4.69) is 58.7 Å². The van der Waals surface area contributed by atoms with Crippen LogP contribution in [0.15, 0.2) is 48.5 Å². The fourth-order valence-corrected chi connectivity index (χ4v) is 3.94. The lowest BCUT2D eigenvalue weighted by Crippen LogP contribution is -2.35. The van der Waals surface area contributed by atoms with Gasteiger partial charge in [0.1, 0.15) is 0 Å². The normalized spacial score (nSPS) is 19.3. The molecular formula is C20H24N2. The first kappa shape index (κ1) is 14.0. The first-order chi connectivity index (χ1) is 10.9. The van der Waals surface area contributed by atoms with Gasteiger partial charge in [-0.15, -0.1) is 0 Å². The van der Waals surface area contributed by atoms with E-state index in [0.29, 0.717) is 0 Å². The van der Waals surface area contributed by atoms with Crippen LogP contribution in [0.2, 0.25) is 0 Å². The SMILES string of the molecule is c1ccc2c(c1)CN(CC1CCNCC1)Cc1ccccc1-2. The Balaban J connectivity index is 1.64. The minimum atomic E-state index is 0.846. The Labute approximate surface area is 133 Å². The molecule has 0 atom stereocenters. The largest absolute Gasteiger partial charge is 0.317 e. The number of nitrogens with zero attached hydrogens (tertiary/aromatic N) is 1. The summed E-state index contributed by atoms with van der Waals surface area (Å²) in [5.74, 6) is 0.846. The molecule has 0 saturated carbocycles. The first-order valence-corrected chi connectivity index (χ1v) is 8.49. The molecule has 2 aliphatic heterocycles. The van der Waals surface area contributed by atoms with Crippen LogP contribution in [0.5, 0.6) is 0 Å². The number of hydrogen-bond acceptors (Lipinski definition) is 2. The van der Waals surface area contributed by atoms with Crippen LogP contribution < -0.4 is 5.32 Å². The van der Waals surface area contributed by atoms with Crippen LogP contribution in [0, 0.1) is 5.92 Å². The van der Waals surface area contributed by atoms with Crippen LogP contribution in [0.1, 0.15) is 24.0 Å². The highest BCUT2D eigenvalue weighted by atomic mass is 15.1. The van der Waals surface area contributed by atoms with Crippen molar-refractivity contribution in [3.63, 3.8) is 0 Å². The smallest absolute Gasteiger partial charge is 0.0243 e. The third-order valence-electron chi connectivity index (χ3n) is 5.09. The van der Waals surface area contributed by atoms with Gasteiger partial charge in [0.15, 0.2) is 0 Å². The van der Waals surface area contributed by atoms with Gasteiger partial charge in [-0.3, -0.25) is 4.90 Å². The molecule has 1 saturated heterocycles. The lowest BCUT2D eigenvalue weighted by Gasteiger charge is -2.29. The minimum Gasteiger partial charge on any atom is -0.317 e. The van der Waals surface area contributed by atoms with E-state index in [0.717, 1.165) is 19.0 Å². The Morgan fingerprint density at radius 1 is 0.818 bits per heavy atom. The Hall–Kier alpha value is -1.64. The number of piperidine rings is 1. The van der Waals surface area contributed by atoms with Gasteiger partial charge in [0, 0.05) is 19.6 Å².